The first-order chi connectivity index (χ1) is 8.24. The average molecular weight is 233 g/mol. The number of nitrogens with zero attached hydrogens (tertiary/aromatic N) is 1. The first kappa shape index (κ1) is 13.0. The highest BCUT2D eigenvalue weighted by Gasteiger charge is 2.16. The van der Waals surface area contributed by atoms with E-state index in [1.807, 2.05) is 6.07 Å². The molecule has 1 aromatic carbocycles. The van der Waals surface area contributed by atoms with Gasteiger partial charge < -0.3 is 9.47 Å². The van der Waals surface area contributed by atoms with Crippen molar-refractivity contribution in [3.05, 3.63) is 29.3 Å². The SMILES string of the molecule is CCOC(=O)c1cccc(CCC#N)c1OC. The van der Waals surface area contributed by atoms with Gasteiger partial charge in [0.1, 0.15) is 11.3 Å². The van der Waals surface area contributed by atoms with Crippen molar-refractivity contribution < 1.29 is 14.3 Å². The van der Waals surface area contributed by atoms with Crippen LogP contribution >= 0.6 is 0 Å². The molecule has 0 atom stereocenters. The zero-order chi connectivity index (χ0) is 12.7. The second-order valence-corrected chi connectivity index (χ2v) is 3.38. The van der Waals surface area contributed by atoms with Crippen LogP contribution in [-0.4, -0.2) is 19.7 Å². The molecule has 1 rings (SSSR count). The molecule has 0 fully saturated rings. The molecule has 4 nitrogen and oxygen atoms in total. The van der Waals surface area contributed by atoms with Crippen molar-refractivity contribution >= 4 is 5.97 Å². The van der Waals surface area contributed by atoms with Crippen molar-refractivity contribution in [2.24, 2.45) is 0 Å². The summed E-state index contributed by atoms with van der Waals surface area (Å²) in [5.74, 6) is 0.101. The summed E-state index contributed by atoms with van der Waals surface area (Å²) in [5, 5.41) is 8.57. The van der Waals surface area contributed by atoms with E-state index in [-0.39, 0.29) is 0 Å². The molecule has 4 heteroatoms. The molecular formula is C13H15NO3. The molecule has 17 heavy (non-hydrogen) atoms. The summed E-state index contributed by atoms with van der Waals surface area (Å²) in [5.41, 5.74) is 1.25. The van der Waals surface area contributed by atoms with Crippen LogP contribution in [0.25, 0.3) is 0 Å². The summed E-state index contributed by atoms with van der Waals surface area (Å²) in [7, 11) is 1.51. The van der Waals surface area contributed by atoms with Gasteiger partial charge in [-0.25, -0.2) is 4.79 Å². The lowest BCUT2D eigenvalue weighted by Crippen LogP contribution is -2.08. The summed E-state index contributed by atoms with van der Waals surface area (Å²) in [4.78, 5) is 11.7. The first-order valence-corrected chi connectivity index (χ1v) is 5.44. The zero-order valence-corrected chi connectivity index (χ0v) is 10.0. The van der Waals surface area contributed by atoms with E-state index in [1.54, 1.807) is 19.1 Å². The standard InChI is InChI=1S/C13H15NO3/c1-3-17-13(15)11-8-4-6-10(7-5-9-14)12(11)16-2/h4,6,8H,3,5,7H2,1-2H3. The number of benzene rings is 1. The van der Waals surface area contributed by atoms with E-state index in [4.69, 9.17) is 14.7 Å². The molecule has 1 aromatic rings. The van der Waals surface area contributed by atoms with Crippen LogP contribution in [0.4, 0.5) is 0 Å². The van der Waals surface area contributed by atoms with Gasteiger partial charge in [-0.15, -0.1) is 0 Å². The average Bonchev–Trinajstić information content (AvgIpc) is 2.36. The van der Waals surface area contributed by atoms with E-state index >= 15 is 0 Å². The topological polar surface area (TPSA) is 59.3 Å². The van der Waals surface area contributed by atoms with Crippen molar-refractivity contribution in [2.45, 2.75) is 19.8 Å². The van der Waals surface area contributed by atoms with Crippen LogP contribution in [-0.2, 0) is 11.2 Å². The van der Waals surface area contributed by atoms with Crippen LogP contribution in [0, 0.1) is 11.3 Å². The molecule has 0 unspecified atom stereocenters. The molecule has 0 saturated heterocycles. The number of carbonyl (C=O) groups is 1. The third kappa shape index (κ3) is 3.22. The second kappa shape index (κ2) is 6.54. The Balaban J connectivity index is 3.05. The fraction of sp³-hybridized carbons (Fsp3) is 0.385. The highest BCUT2D eigenvalue weighted by Crippen LogP contribution is 2.25. The van der Waals surface area contributed by atoms with Crippen LogP contribution in [0.5, 0.6) is 5.75 Å². The summed E-state index contributed by atoms with van der Waals surface area (Å²) in [6.45, 7) is 2.08. The van der Waals surface area contributed by atoms with Crippen LogP contribution < -0.4 is 4.74 Å². The predicted octanol–water partition coefficient (Wildman–Crippen LogP) is 2.33. The third-order valence-corrected chi connectivity index (χ3v) is 2.30. The van der Waals surface area contributed by atoms with Gasteiger partial charge in [-0.1, -0.05) is 12.1 Å². The van der Waals surface area contributed by atoms with Gasteiger partial charge in [0.25, 0.3) is 0 Å². The Morgan fingerprint density at radius 2 is 2.24 bits per heavy atom. The molecular weight excluding hydrogens is 218 g/mol. The number of para-hydroxylation sites is 1. The lowest BCUT2D eigenvalue weighted by molar-refractivity contribution is 0.0522. The predicted molar refractivity (Wildman–Crippen MR) is 62.9 cm³/mol. The Labute approximate surface area is 101 Å². The zero-order valence-electron chi connectivity index (χ0n) is 10.0. The fourth-order valence-electron chi connectivity index (χ4n) is 1.58. The van der Waals surface area contributed by atoms with Gasteiger partial charge in [-0.3, -0.25) is 0 Å². The van der Waals surface area contributed by atoms with E-state index in [2.05, 4.69) is 6.07 Å². The van der Waals surface area contributed by atoms with Gasteiger partial charge in [-0.05, 0) is 25.0 Å². The molecule has 0 radical (unpaired) electrons. The lowest BCUT2D eigenvalue weighted by atomic mass is 10.0. The van der Waals surface area contributed by atoms with Crippen LogP contribution in [0.15, 0.2) is 18.2 Å². The van der Waals surface area contributed by atoms with Gasteiger partial charge >= 0.3 is 5.97 Å². The van der Waals surface area contributed by atoms with Crippen molar-refractivity contribution in [1.82, 2.24) is 0 Å². The van der Waals surface area contributed by atoms with Gasteiger partial charge in [0.15, 0.2) is 0 Å². The molecule has 0 aliphatic rings. The fourth-order valence-corrected chi connectivity index (χ4v) is 1.58. The number of esters is 1. The molecule has 0 heterocycles. The number of hydrogen-bond acceptors (Lipinski definition) is 4. The normalized spacial score (nSPS) is 9.47. The van der Waals surface area contributed by atoms with E-state index in [0.29, 0.717) is 30.8 Å². The Hall–Kier alpha value is -2.02. The number of ether oxygens (including phenoxy) is 2. The molecule has 0 amide bonds. The van der Waals surface area contributed by atoms with Crippen molar-refractivity contribution in [3.63, 3.8) is 0 Å². The maximum atomic E-state index is 11.7. The highest BCUT2D eigenvalue weighted by atomic mass is 16.5. The Morgan fingerprint density at radius 1 is 1.47 bits per heavy atom. The van der Waals surface area contributed by atoms with Gasteiger partial charge in [0, 0.05) is 6.42 Å². The first-order valence-electron chi connectivity index (χ1n) is 5.44. The minimum atomic E-state index is -0.400. The quantitative estimate of drug-likeness (QED) is 0.732. The number of hydrogen-bond donors (Lipinski definition) is 0. The Kier molecular flexibility index (Phi) is 5.02. The molecule has 0 spiro atoms. The molecule has 0 aromatic heterocycles. The van der Waals surface area contributed by atoms with Crippen molar-refractivity contribution in [1.29, 1.82) is 5.26 Å². The number of rotatable bonds is 5. The molecule has 90 valence electrons. The highest BCUT2D eigenvalue weighted by molar-refractivity contribution is 5.93. The number of nitriles is 1. The monoisotopic (exact) mass is 233 g/mol. The molecule has 0 aliphatic carbocycles. The largest absolute Gasteiger partial charge is 0.496 e. The van der Waals surface area contributed by atoms with Crippen molar-refractivity contribution in [2.75, 3.05) is 13.7 Å². The summed E-state index contributed by atoms with van der Waals surface area (Å²) in [6, 6.07) is 7.34. The minimum absolute atomic E-state index is 0.324. The van der Waals surface area contributed by atoms with E-state index in [0.717, 1.165) is 5.56 Å². The van der Waals surface area contributed by atoms with E-state index < -0.39 is 5.97 Å². The number of carbonyl (C=O) groups excluding carboxylic acids is 1. The van der Waals surface area contributed by atoms with Crippen LogP contribution in [0.3, 0.4) is 0 Å². The van der Waals surface area contributed by atoms with Gasteiger partial charge in [0.05, 0.1) is 19.8 Å². The summed E-state index contributed by atoms with van der Waals surface area (Å²) >= 11 is 0. The van der Waals surface area contributed by atoms with Crippen LogP contribution in [0.2, 0.25) is 0 Å². The second-order valence-electron chi connectivity index (χ2n) is 3.38. The van der Waals surface area contributed by atoms with Gasteiger partial charge in [-0.2, -0.15) is 5.26 Å². The molecule has 0 N–H and O–H groups in total. The molecule has 0 aliphatic heterocycles. The number of methoxy groups -OCH3 is 1. The maximum Gasteiger partial charge on any atom is 0.341 e. The summed E-state index contributed by atoms with van der Waals surface area (Å²) in [6.07, 6.45) is 0.954. The minimum Gasteiger partial charge on any atom is -0.496 e. The molecule has 0 bridgehead atoms. The van der Waals surface area contributed by atoms with Crippen molar-refractivity contribution in [3.8, 4) is 11.8 Å². The van der Waals surface area contributed by atoms with E-state index in [1.165, 1.54) is 7.11 Å². The van der Waals surface area contributed by atoms with Gasteiger partial charge in [0.2, 0.25) is 0 Å². The van der Waals surface area contributed by atoms with Crippen LogP contribution in [0.1, 0.15) is 29.3 Å². The Bertz CT molecular complexity index is 435. The smallest absolute Gasteiger partial charge is 0.341 e. The third-order valence-electron chi connectivity index (χ3n) is 2.30. The summed E-state index contributed by atoms with van der Waals surface area (Å²) < 4.78 is 10.2. The maximum absolute atomic E-state index is 11.7. The molecule has 0 saturated carbocycles. The lowest BCUT2D eigenvalue weighted by Gasteiger charge is -2.11. The number of aryl methyl sites for hydroxylation is 1. The Morgan fingerprint density at radius 3 is 2.82 bits per heavy atom. The van der Waals surface area contributed by atoms with E-state index in [9.17, 15) is 4.79 Å².